The van der Waals surface area contributed by atoms with Gasteiger partial charge in [0.1, 0.15) is 11.6 Å². The first-order chi connectivity index (χ1) is 15.7. The molecule has 1 aromatic carbocycles. The Hall–Kier alpha value is -3.11. The van der Waals surface area contributed by atoms with Crippen LogP contribution in [0.25, 0.3) is 10.9 Å². The van der Waals surface area contributed by atoms with E-state index in [9.17, 15) is 5.11 Å². The van der Waals surface area contributed by atoms with Gasteiger partial charge >= 0.3 is 0 Å². The van der Waals surface area contributed by atoms with Gasteiger partial charge in [-0.15, -0.1) is 20.4 Å². The number of ether oxygens (including phenoxy) is 2. The van der Waals surface area contributed by atoms with E-state index in [-0.39, 0.29) is 5.92 Å². The second-order valence-electron chi connectivity index (χ2n) is 8.21. The molecule has 168 valence electrons. The molecule has 3 aromatic rings. The lowest BCUT2D eigenvalue weighted by atomic mass is 9.90. The van der Waals surface area contributed by atoms with Crippen LogP contribution < -0.4 is 14.5 Å². The van der Waals surface area contributed by atoms with Gasteiger partial charge in [-0.2, -0.15) is 0 Å². The van der Waals surface area contributed by atoms with Crippen LogP contribution in [0, 0.1) is 5.92 Å². The molecule has 2 aliphatic rings. The highest BCUT2D eigenvalue weighted by Gasteiger charge is 2.30. The van der Waals surface area contributed by atoms with Crippen molar-refractivity contribution in [3.05, 3.63) is 36.0 Å². The number of hydrogen-bond acceptors (Lipinski definition) is 10. The first-order valence-corrected chi connectivity index (χ1v) is 11.0. The number of aliphatic hydroxyl groups is 1. The van der Waals surface area contributed by atoms with Gasteiger partial charge < -0.3 is 24.4 Å². The standard InChI is InChI=1S/C22H27N7O3/c1-31-20-7-6-18(23-25-20)21(30)15-3-2-8-29(14-15)22-17-5-4-16(13-19(17)24-27-26-22)28-9-11-32-12-10-28/h4-7,13,15,21,30H,2-3,8-12,14H2,1H3. The minimum absolute atomic E-state index is 0.0177. The first kappa shape index (κ1) is 20.8. The van der Waals surface area contributed by atoms with E-state index >= 15 is 0 Å². The molecule has 2 fully saturated rings. The van der Waals surface area contributed by atoms with E-state index in [0.29, 0.717) is 18.1 Å². The Morgan fingerprint density at radius 1 is 1.03 bits per heavy atom. The highest BCUT2D eigenvalue weighted by atomic mass is 16.5. The molecule has 2 aromatic heterocycles. The molecule has 10 nitrogen and oxygen atoms in total. The molecular weight excluding hydrogens is 410 g/mol. The van der Waals surface area contributed by atoms with Crippen LogP contribution in [-0.4, -0.2) is 77.2 Å². The molecule has 5 rings (SSSR count). The Kier molecular flexibility index (Phi) is 5.95. The third-order valence-corrected chi connectivity index (χ3v) is 6.27. The molecular formula is C22H27N7O3. The number of morpholine rings is 1. The van der Waals surface area contributed by atoms with Crippen LogP contribution in [0.5, 0.6) is 5.88 Å². The zero-order valence-electron chi connectivity index (χ0n) is 18.1. The Labute approximate surface area is 186 Å². The van der Waals surface area contributed by atoms with Crippen LogP contribution in [0.15, 0.2) is 30.3 Å². The molecule has 0 radical (unpaired) electrons. The van der Waals surface area contributed by atoms with Gasteiger partial charge in [0, 0.05) is 49.2 Å². The Balaban J connectivity index is 1.36. The average Bonchev–Trinajstić information content (AvgIpc) is 2.88. The molecule has 2 aliphatic heterocycles. The largest absolute Gasteiger partial charge is 0.480 e. The van der Waals surface area contributed by atoms with Crippen molar-refractivity contribution in [1.29, 1.82) is 0 Å². The molecule has 0 saturated carbocycles. The summed E-state index contributed by atoms with van der Waals surface area (Å²) in [7, 11) is 1.54. The summed E-state index contributed by atoms with van der Waals surface area (Å²) in [5, 5.41) is 32.7. The normalized spacial score (nSPS) is 20.4. The second kappa shape index (κ2) is 9.17. The third-order valence-electron chi connectivity index (χ3n) is 6.27. The number of rotatable bonds is 5. The smallest absolute Gasteiger partial charge is 0.233 e. The fourth-order valence-corrected chi connectivity index (χ4v) is 4.51. The van der Waals surface area contributed by atoms with E-state index in [2.05, 4.69) is 53.6 Å². The van der Waals surface area contributed by atoms with Gasteiger partial charge in [-0.05, 0) is 42.3 Å². The SMILES string of the molecule is COc1ccc(C(O)C2CCCN(c3nnnc4cc(N5CCOCC5)ccc34)C2)nn1. The number of fused-ring (bicyclic) bond motifs is 1. The van der Waals surface area contributed by atoms with Crippen molar-refractivity contribution in [2.24, 2.45) is 5.92 Å². The van der Waals surface area contributed by atoms with E-state index in [1.807, 2.05) is 0 Å². The summed E-state index contributed by atoms with van der Waals surface area (Å²) < 4.78 is 10.5. The number of piperidine rings is 1. The lowest BCUT2D eigenvalue weighted by molar-refractivity contribution is 0.0930. The summed E-state index contributed by atoms with van der Waals surface area (Å²) in [6.07, 6.45) is 1.15. The van der Waals surface area contributed by atoms with Gasteiger partial charge in [-0.1, -0.05) is 0 Å². The van der Waals surface area contributed by atoms with Crippen LogP contribution in [0.2, 0.25) is 0 Å². The number of aliphatic hydroxyl groups excluding tert-OH is 1. The monoisotopic (exact) mass is 437 g/mol. The van der Waals surface area contributed by atoms with E-state index in [4.69, 9.17) is 9.47 Å². The molecule has 2 atom stereocenters. The number of anilines is 2. The van der Waals surface area contributed by atoms with Crippen LogP contribution in [0.1, 0.15) is 24.6 Å². The summed E-state index contributed by atoms with van der Waals surface area (Å²) in [6, 6.07) is 9.75. The Morgan fingerprint density at radius 3 is 2.69 bits per heavy atom. The van der Waals surface area contributed by atoms with Gasteiger partial charge in [0.15, 0.2) is 5.82 Å². The van der Waals surface area contributed by atoms with Crippen molar-refractivity contribution in [1.82, 2.24) is 25.6 Å². The van der Waals surface area contributed by atoms with E-state index in [0.717, 1.165) is 68.1 Å². The molecule has 2 saturated heterocycles. The highest BCUT2D eigenvalue weighted by Crippen LogP contribution is 2.33. The number of hydrogen-bond donors (Lipinski definition) is 1. The van der Waals surface area contributed by atoms with Crippen molar-refractivity contribution in [3.63, 3.8) is 0 Å². The summed E-state index contributed by atoms with van der Waals surface area (Å²) in [4.78, 5) is 4.49. The van der Waals surface area contributed by atoms with Gasteiger partial charge in [0.25, 0.3) is 0 Å². The number of nitrogens with zero attached hydrogens (tertiary/aromatic N) is 7. The minimum Gasteiger partial charge on any atom is -0.480 e. The predicted octanol–water partition coefficient (Wildman–Crippen LogP) is 1.61. The molecule has 2 unspecified atom stereocenters. The second-order valence-corrected chi connectivity index (χ2v) is 8.21. The van der Waals surface area contributed by atoms with E-state index in [1.54, 1.807) is 19.2 Å². The summed E-state index contributed by atoms with van der Waals surface area (Å²) in [6.45, 7) is 4.74. The maximum absolute atomic E-state index is 10.9. The predicted molar refractivity (Wildman–Crippen MR) is 119 cm³/mol. The molecule has 0 aliphatic carbocycles. The van der Waals surface area contributed by atoms with Gasteiger partial charge in [0.05, 0.1) is 26.0 Å². The maximum atomic E-state index is 10.9. The fourth-order valence-electron chi connectivity index (χ4n) is 4.51. The summed E-state index contributed by atoms with van der Waals surface area (Å²) in [5.74, 6) is 1.26. The lowest BCUT2D eigenvalue weighted by Gasteiger charge is -2.35. The van der Waals surface area contributed by atoms with Gasteiger partial charge in [-0.3, -0.25) is 0 Å². The van der Waals surface area contributed by atoms with Crippen LogP contribution in [0.4, 0.5) is 11.5 Å². The highest BCUT2D eigenvalue weighted by molar-refractivity contribution is 5.91. The van der Waals surface area contributed by atoms with Crippen LogP contribution >= 0.6 is 0 Å². The average molecular weight is 438 g/mol. The Bertz CT molecular complexity index is 1060. The molecule has 0 bridgehead atoms. The van der Waals surface area contributed by atoms with Crippen molar-refractivity contribution in [3.8, 4) is 5.88 Å². The summed E-state index contributed by atoms with van der Waals surface area (Å²) >= 11 is 0. The zero-order chi connectivity index (χ0) is 21.9. The topological polar surface area (TPSA) is 110 Å². The van der Waals surface area contributed by atoms with E-state index < -0.39 is 6.10 Å². The molecule has 0 spiro atoms. The third kappa shape index (κ3) is 4.15. The molecule has 32 heavy (non-hydrogen) atoms. The molecule has 0 amide bonds. The van der Waals surface area contributed by atoms with Crippen molar-refractivity contribution in [2.45, 2.75) is 18.9 Å². The van der Waals surface area contributed by atoms with E-state index in [1.165, 1.54) is 0 Å². The number of methoxy groups -OCH3 is 1. The molecule has 10 heteroatoms. The first-order valence-electron chi connectivity index (χ1n) is 11.0. The fraction of sp³-hybridized carbons (Fsp3) is 0.500. The number of benzene rings is 1. The van der Waals surface area contributed by atoms with Crippen molar-refractivity contribution >= 4 is 22.4 Å². The van der Waals surface area contributed by atoms with Gasteiger partial charge in [-0.25, -0.2) is 0 Å². The molecule has 4 heterocycles. The number of aromatic nitrogens is 5. The summed E-state index contributed by atoms with van der Waals surface area (Å²) in [5.41, 5.74) is 2.50. The van der Waals surface area contributed by atoms with Crippen molar-refractivity contribution in [2.75, 3.05) is 56.3 Å². The van der Waals surface area contributed by atoms with Crippen LogP contribution in [-0.2, 0) is 4.74 Å². The quantitative estimate of drug-likeness (QED) is 0.632. The zero-order valence-corrected chi connectivity index (χ0v) is 18.1. The van der Waals surface area contributed by atoms with Crippen molar-refractivity contribution < 1.29 is 14.6 Å². The lowest BCUT2D eigenvalue weighted by Crippen LogP contribution is -2.39. The van der Waals surface area contributed by atoms with Crippen LogP contribution in [0.3, 0.4) is 0 Å². The minimum atomic E-state index is -0.704. The molecule has 1 N–H and O–H groups in total. The van der Waals surface area contributed by atoms with Gasteiger partial charge in [0.2, 0.25) is 5.88 Å². The maximum Gasteiger partial charge on any atom is 0.233 e. The Morgan fingerprint density at radius 2 is 1.91 bits per heavy atom.